The highest BCUT2D eigenvalue weighted by Gasteiger charge is 2.21. The van der Waals surface area contributed by atoms with Crippen molar-refractivity contribution >= 4 is 24.0 Å². The molecule has 1 aliphatic heterocycles. The van der Waals surface area contributed by atoms with E-state index in [9.17, 15) is 9.59 Å². The second kappa shape index (κ2) is 8.35. The second-order valence-corrected chi connectivity index (χ2v) is 5.92. The van der Waals surface area contributed by atoms with Crippen LogP contribution in [0.4, 0.5) is 11.6 Å². The van der Waals surface area contributed by atoms with Gasteiger partial charge in [0.25, 0.3) is 5.91 Å². The number of anilines is 2. The molecule has 0 radical (unpaired) electrons. The van der Waals surface area contributed by atoms with Crippen LogP contribution in [0.5, 0.6) is 11.5 Å². The third-order valence-corrected chi connectivity index (χ3v) is 4.30. The molecule has 0 unspecified atom stereocenters. The minimum atomic E-state index is -0.144. The number of carbonyl (C=O) groups excluding carboxylic acids is 2. The van der Waals surface area contributed by atoms with Gasteiger partial charge in [-0.25, -0.2) is 9.97 Å². The first-order valence-corrected chi connectivity index (χ1v) is 8.44. The number of rotatable bonds is 6. The number of hydrogen-bond acceptors (Lipinski definition) is 7. The van der Waals surface area contributed by atoms with Gasteiger partial charge in [-0.05, 0) is 12.1 Å². The molecule has 1 fully saturated rings. The van der Waals surface area contributed by atoms with Crippen molar-refractivity contribution in [2.75, 3.05) is 45.7 Å². The Morgan fingerprint density at radius 3 is 2.41 bits per heavy atom. The first kappa shape index (κ1) is 18.4. The number of nitrogens with one attached hydrogen (secondary N) is 1. The zero-order chi connectivity index (χ0) is 19.2. The predicted octanol–water partition coefficient (Wildman–Crippen LogP) is 1.15. The molecule has 1 aliphatic rings. The fraction of sp³-hybridized carbons (Fsp3) is 0.333. The summed E-state index contributed by atoms with van der Waals surface area (Å²) in [7, 11) is 3.15. The molecule has 142 valence electrons. The summed E-state index contributed by atoms with van der Waals surface area (Å²) < 4.78 is 10.5. The molecule has 0 bridgehead atoms. The van der Waals surface area contributed by atoms with Crippen molar-refractivity contribution in [3.05, 3.63) is 36.2 Å². The van der Waals surface area contributed by atoms with Gasteiger partial charge in [0, 0.05) is 44.6 Å². The molecule has 0 saturated carbocycles. The standard InChI is InChI=1S/C18H21N5O4/c1-26-14-3-4-15(16(9-14)27-2)21-18-19-10-13(11-20-18)17(25)23-7-5-22(12-24)6-8-23/h3-4,9-12H,5-8H2,1-2H3,(H,19,20,21). The van der Waals surface area contributed by atoms with Gasteiger partial charge in [-0.2, -0.15) is 0 Å². The monoisotopic (exact) mass is 371 g/mol. The van der Waals surface area contributed by atoms with E-state index in [1.807, 2.05) is 0 Å². The van der Waals surface area contributed by atoms with Crippen molar-refractivity contribution in [2.24, 2.45) is 0 Å². The van der Waals surface area contributed by atoms with Crippen molar-refractivity contribution in [2.45, 2.75) is 0 Å². The highest BCUT2D eigenvalue weighted by molar-refractivity contribution is 5.93. The SMILES string of the molecule is COc1ccc(Nc2ncc(C(=O)N3CCN(C=O)CC3)cn2)c(OC)c1. The molecule has 3 rings (SSSR count). The van der Waals surface area contributed by atoms with Gasteiger partial charge in [0.15, 0.2) is 0 Å². The maximum atomic E-state index is 12.5. The predicted molar refractivity (Wildman–Crippen MR) is 98.4 cm³/mol. The minimum absolute atomic E-state index is 0.144. The zero-order valence-corrected chi connectivity index (χ0v) is 15.2. The Morgan fingerprint density at radius 2 is 1.81 bits per heavy atom. The summed E-state index contributed by atoms with van der Waals surface area (Å²) in [5.74, 6) is 1.47. The Balaban J connectivity index is 1.67. The summed E-state index contributed by atoms with van der Waals surface area (Å²) in [6, 6.07) is 5.34. The maximum Gasteiger partial charge on any atom is 0.257 e. The number of benzene rings is 1. The Kier molecular flexibility index (Phi) is 5.70. The van der Waals surface area contributed by atoms with Crippen molar-refractivity contribution in [3.8, 4) is 11.5 Å². The molecule has 9 nitrogen and oxygen atoms in total. The molecule has 2 amide bonds. The largest absolute Gasteiger partial charge is 0.497 e. The van der Waals surface area contributed by atoms with Crippen molar-refractivity contribution in [1.82, 2.24) is 19.8 Å². The molecule has 0 atom stereocenters. The average Bonchev–Trinajstić information content (AvgIpc) is 2.74. The minimum Gasteiger partial charge on any atom is -0.497 e. The number of piperazine rings is 1. The molecule has 1 saturated heterocycles. The first-order chi connectivity index (χ1) is 13.1. The molecule has 1 aromatic carbocycles. The summed E-state index contributed by atoms with van der Waals surface area (Å²) in [6.45, 7) is 2.07. The zero-order valence-electron chi connectivity index (χ0n) is 15.2. The molecule has 2 aromatic rings. The van der Waals surface area contributed by atoms with Crippen LogP contribution in [-0.2, 0) is 4.79 Å². The molecule has 2 heterocycles. The number of hydrogen-bond donors (Lipinski definition) is 1. The summed E-state index contributed by atoms with van der Waals surface area (Å²) in [4.78, 5) is 35.0. The highest BCUT2D eigenvalue weighted by Crippen LogP contribution is 2.30. The number of ether oxygens (including phenoxy) is 2. The molecular formula is C18H21N5O4. The van der Waals surface area contributed by atoms with E-state index in [0.29, 0.717) is 54.9 Å². The summed E-state index contributed by atoms with van der Waals surface area (Å²) in [5, 5.41) is 3.06. The van der Waals surface area contributed by atoms with E-state index in [-0.39, 0.29) is 5.91 Å². The highest BCUT2D eigenvalue weighted by atomic mass is 16.5. The first-order valence-electron chi connectivity index (χ1n) is 8.44. The lowest BCUT2D eigenvalue weighted by molar-refractivity contribution is -0.119. The van der Waals surface area contributed by atoms with E-state index in [1.54, 1.807) is 42.2 Å². The van der Waals surface area contributed by atoms with Crippen LogP contribution in [0.3, 0.4) is 0 Å². The van der Waals surface area contributed by atoms with Crippen molar-refractivity contribution in [3.63, 3.8) is 0 Å². The van der Waals surface area contributed by atoms with Crippen LogP contribution in [0.1, 0.15) is 10.4 Å². The van der Waals surface area contributed by atoms with Crippen molar-refractivity contribution in [1.29, 1.82) is 0 Å². The fourth-order valence-corrected chi connectivity index (χ4v) is 2.74. The van der Waals surface area contributed by atoms with E-state index in [1.165, 1.54) is 12.4 Å². The lowest BCUT2D eigenvalue weighted by Gasteiger charge is -2.32. The van der Waals surface area contributed by atoms with Gasteiger partial charge in [-0.3, -0.25) is 9.59 Å². The quantitative estimate of drug-likeness (QED) is 0.761. The van der Waals surface area contributed by atoms with E-state index >= 15 is 0 Å². The molecule has 1 N–H and O–H groups in total. The molecule has 0 spiro atoms. The normalized spacial score (nSPS) is 13.9. The van der Waals surface area contributed by atoms with Crippen LogP contribution >= 0.6 is 0 Å². The molecule has 9 heteroatoms. The van der Waals surface area contributed by atoms with Gasteiger partial charge >= 0.3 is 0 Å². The van der Waals surface area contributed by atoms with Crippen LogP contribution in [-0.4, -0.2) is 72.5 Å². The smallest absolute Gasteiger partial charge is 0.257 e. The van der Waals surface area contributed by atoms with Crippen LogP contribution in [0, 0.1) is 0 Å². The molecule has 0 aliphatic carbocycles. The van der Waals surface area contributed by atoms with E-state index in [0.717, 1.165) is 6.41 Å². The van der Waals surface area contributed by atoms with Crippen LogP contribution in [0.2, 0.25) is 0 Å². The molecule has 27 heavy (non-hydrogen) atoms. The Hall–Kier alpha value is -3.36. The number of nitrogens with zero attached hydrogens (tertiary/aromatic N) is 4. The number of methoxy groups -OCH3 is 2. The van der Waals surface area contributed by atoms with Gasteiger partial charge in [-0.15, -0.1) is 0 Å². The Labute approximate surface area is 156 Å². The number of aromatic nitrogens is 2. The maximum absolute atomic E-state index is 12.5. The number of carbonyl (C=O) groups is 2. The third-order valence-electron chi connectivity index (χ3n) is 4.30. The van der Waals surface area contributed by atoms with Crippen LogP contribution in [0.15, 0.2) is 30.6 Å². The summed E-state index contributed by atoms with van der Waals surface area (Å²) >= 11 is 0. The molecule has 1 aromatic heterocycles. The van der Waals surface area contributed by atoms with Gasteiger partial charge in [0.1, 0.15) is 11.5 Å². The molecular weight excluding hydrogens is 350 g/mol. The van der Waals surface area contributed by atoms with Gasteiger partial charge < -0.3 is 24.6 Å². The topological polar surface area (TPSA) is 96.9 Å². The Bertz CT molecular complexity index is 804. The third kappa shape index (κ3) is 4.25. The second-order valence-electron chi connectivity index (χ2n) is 5.92. The van der Waals surface area contributed by atoms with Gasteiger partial charge in [0.05, 0.1) is 25.5 Å². The lowest BCUT2D eigenvalue weighted by Crippen LogP contribution is -2.48. The van der Waals surface area contributed by atoms with Crippen LogP contribution < -0.4 is 14.8 Å². The number of amides is 2. The Morgan fingerprint density at radius 1 is 1.11 bits per heavy atom. The van der Waals surface area contributed by atoms with E-state index in [4.69, 9.17) is 9.47 Å². The van der Waals surface area contributed by atoms with Crippen LogP contribution in [0.25, 0.3) is 0 Å². The summed E-state index contributed by atoms with van der Waals surface area (Å²) in [6.07, 6.45) is 3.78. The lowest BCUT2D eigenvalue weighted by atomic mass is 10.2. The fourth-order valence-electron chi connectivity index (χ4n) is 2.74. The van der Waals surface area contributed by atoms with Gasteiger partial charge in [-0.1, -0.05) is 0 Å². The van der Waals surface area contributed by atoms with Crippen molar-refractivity contribution < 1.29 is 19.1 Å². The summed E-state index contributed by atoms with van der Waals surface area (Å²) in [5.41, 5.74) is 1.09. The van der Waals surface area contributed by atoms with Gasteiger partial charge in [0.2, 0.25) is 12.4 Å². The van der Waals surface area contributed by atoms with E-state index < -0.39 is 0 Å². The average molecular weight is 371 g/mol. The van der Waals surface area contributed by atoms with E-state index in [2.05, 4.69) is 15.3 Å².